The molecule has 0 atom stereocenters. The van der Waals surface area contributed by atoms with Gasteiger partial charge in [-0.1, -0.05) is 41.9 Å². The van der Waals surface area contributed by atoms with E-state index >= 15 is 0 Å². The molecule has 0 radical (unpaired) electrons. The largest absolute Gasteiger partial charge is 0.497 e. The van der Waals surface area contributed by atoms with Gasteiger partial charge in [0.05, 0.1) is 24.8 Å². The third-order valence-electron chi connectivity index (χ3n) is 4.49. The lowest BCUT2D eigenvalue weighted by Crippen LogP contribution is -2.39. The van der Waals surface area contributed by atoms with Gasteiger partial charge in [-0.2, -0.15) is 9.41 Å². The van der Waals surface area contributed by atoms with Crippen molar-refractivity contribution in [2.45, 2.75) is 11.4 Å². The Balaban J connectivity index is 1.74. The van der Waals surface area contributed by atoms with Crippen LogP contribution in [-0.4, -0.2) is 38.5 Å². The van der Waals surface area contributed by atoms with Gasteiger partial charge in [-0.15, -0.1) is 0 Å². The summed E-state index contributed by atoms with van der Waals surface area (Å²) >= 11 is 5.88. The molecule has 0 aliphatic heterocycles. The van der Waals surface area contributed by atoms with Crippen molar-refractivity contribution < 1.29 is 17.9 Å². The Labute approximate surface area is 192 Å². The highest BCUT2D eigenvalue weighted by atomic mass is 35.5. The molecule has 0 bridgehead atoms. The van der Waals surface area contributed by atoms with Crippen LogP contribution in [-0.2, 0) is 21.4 Å². The highest BCUT2D eigenvalue weighted by molar-refractivity contribution is 7.89. The van der Waals surface area contributed by atoms with Gasteiger partial charge in [0.15, 0.2) is 0 Å². The van der Waals surface area contributed by atoms with Crippen molar-refractivity contribution in [1.29, 1.82) is 0 Å². The number of hydrazone groups is 1. The SMILES string of the molecule is COc1ccc(/C=N\NC(=O)CN(Cc2ccccc2)S(=O)(=O)c2ccc(Cl)cc2)cc1. The number of sulfonamides is 1. The molecule has 0 unspecified atom stereocenters. The van der Waals surface area contributed by atoms with Crippen molar-refractivity contribution in [1.82, 2.24) is 9.73 Å². The van der Waals surface area contributed by atoms with Crippen LogP contribution >= 0.6 is 11.6 Å². The molecule has 0 aromatic heterocycles. The molecule has 3 rings (SSSR count). The van der Waals surface area contributed by atoms with Gasteiger partial charge in [-0.3, -0.25) is 4.79 Å². The van der Waals surface area contributed by atoms with Crippen LogP contribution in [0.25, 0.3) is 0 Å². The fourth-order valence-electron chi connectivity index (χ4n) is 2.83. The van der Waals surface area contributed by atoms with Crippen LogP contribution in [0.2, 0.25) is 5.02 Å². The van der Waals surface area contributed by atoms with E-state index < -0.39 is 22.5 Å². The van der Waals surface area contributed by atoms with Gasteiger partial charge in [0.25, 0.3) is 5.91 Å². The van der Waals surface area contributed by atoms with Crippen molar-refractivity contribution in [2.24, 2.45) is 5.10 Å². The molecule has 7 nitrogen and oxygen atoms in total. The third kappa shape index (κ3) is 6.40. The summed E-state index contributed by atoms with van der Waals surface area (Å²) in [6.07, 6.45) is 1.46. The third-order valence-corrected chi connectivity index (χ3v) is 6.55. The number of carbonyl (C=O) groups is 1. The molecule has 1 N–H and O–H groups in total. The number of nitrogens with zero attached hydrogens (tertiary/aromatic N) is 2. The van der Waals surface area contributed by atoms with Gasteiger partial charge in [0.1, 0.15) is 5.75 Å². The number of halogens is 1. The van der Waals surface area contributed by atoms with Gasteiger partial charge < -0.3 is 4.74 Å². The zero-order valence-corrected chi connectivity index (χ0v) is 18.9. The first-order valence-corrected chi connectivity index (χ1v) is 11.5. The number of rotatable bonds is 9. The van der Waals surface area contributed by atoms with Crippen molar-refractivity contribution in [2.75, 3.05) is 13.7 Å². The second-order valence-corrected chi connectivity index (χ2v) is 9.15. The quantitative estimate of drug-likeness (QED) is 0.381. The smallest absolute Gasteiger partial charge is 0.255 e. The summed E-state index contributed by atoms with van der Waals surface area (Å²) < 4.78 is 32.6. The van der Waals surface area contributed by atoms with Crippen molar-refractivity contribution >= 4 is 33.7 Å². The summed E-state index contributed by atoms with van der Waals surface area (Å²) in [5, 5.41) is 4.34. The predicted molar refractivity (Wildman–Crippen MR) is 124 cm³/mol. The van der Waals surface area contributed by atoms with Gasteiger partial charge in [0, 0.05) is 11.6 Å². The first kappa shape index (κ1) is 23.5. The summed E-state index contributed by atoms with van der Waals surface area (Å²) in [6, 6.07) is 21.9. The van der Waals surface area contributed by atoms with Crippen LogP contribution in [0.4, 0.5) is 0 Å². The molecule has 9 heteroatoms. The number of hydrogen-bond donors (Lipinski definition) is 1. The van der Waals surface area contributed by atoms with E-state index in [0.29, 0.717) is 10.8 Å². The molecule has 0 fully saturated rings. The number of methoxy groups -OCH3 is 1. The molecule has 0 heterocycles. The standard InChI is InChI=1S/C23H22ClN3O4S/c1-31-21-11-7-18(8-12-21)15-25-26-23(28)17-27(16-19-5-3-2-4-6-19)32(29,30)22-13-9-20(24)10-14-22/h2-15H,16-17H2,1H3,(H,26,28)/b25-15-. The van der Waals surface area contributed by atoms with Crippen LogP contribution in [0, 0.1) is 0 Å². The topological polar surface area (TPSA) is 88.1 Å². The molecular formula is C23H22ClN3O4S. The van der Waals surface area contributed by atoms with E-state index in [-0.39, 0.29) is 11.4 Å². The first-order valence-electron chi connectivity index (χ1n) is 9.64. The Hall–Kier alpha value is -3.20. The molecule has 32 heavy (non-hydrogen) atoms. The molecule has 3 aromatic carbocycles. The lowest BCUT2D eigenvalue weighted by molar-refractivity contribution is -0.121. The summed E-state index contributed by atoms with van der Waals surface area (Å²) in [4.78, 5) is 12.5. The van der Waals surface area contributed by atoms with Crippen LogP contribution in [0.1, 0.15) is 11.1 Å². The normalized spacial score (nSPS) is 11.6. The number of nitrogens with one attached hydrogen (secondary N) is 1. The van der Waals surface area contributed by atoms with E-state index in [1.165, 1.54) is 30.5 Å². The summed E-state index contributed by atoms with van der Waals surface area (Å²) in [6.45, 7) is -0.374. The first-order chi connectivity index (χ1) is 15.4. The van der Waals surface area contributed by atoms with Crippen LogP contribution < -0.4 is 10.2 Å². The number of ether oxygens (including phenoxy) is 1. The maximum atomic E-state index is 13.2. The zero-order valence-electron chi connectivity index (χ0n) is 17.3. The second kappa shape index (κ2) is 10.9. The summed E-state index contributed by atoms with van der Waals surface area (Å²) in [5.74, 6) is 0.137. The molecule has 0 aliphatic carbocycles. The maximum Gasteiger partial charge on any atom is 0.255 e. The van der Waals surface area contributed by atoms with E-state index in [2.05, 4.69) is 10.5 Å². The molecule has 1 amide bonds. The Morgan fingerprint density at radius 1 is 1.03 bits per heavy atom. The minimum absolute atomic E-state index is 0.0292. The minimum atomic E-state index is -3.95. The van der Waals surface area contributed by atoms with Gasteiger partial charge in [0.2, 0.25) is 10.0 Å². The van der Waals surface area contributed by atoms with E-state index in [1.807, 2.05) is 18.2 Å². The number of carbonyl (C=O) groups excluding carboxylic acids is 1. The Bertz CT molecular complexity index is 1170. The average Bonchev–Trinajstić information content (AvgIpc) is 2.80. The van der Waals surface area contributed by atoms with Crippen molar-refractivity contribution in [3.05, 3.63) is 95.0 Å². The van der Waals surface area contributed by atoms with Crippen LogP contribution in [0.15, 0.2) is 88.9 Å². The highest BCUT2D eigenvalue weighted by Gasteiger charge is 2.26. The molecule has 0 aliphatic rings. The average molecular weight is 472 g/mol. The number of benzene rings is 3. The highest BCUT2D eigenvalue weighted by Crippen LogP contribution is 2.20. The maximum absolute atomic E-state index is 13.2. The van der Waals surface area contributed by atoms with Crippen LogP contribution in [0.5, 0.6) is 5.75 Å². The van der Waals surface area contributed by atoms with Gasteiger partial charge in [-0.25, -0.2) is 13.8 Å². The Morgan fingerprint density at radius 3 is 2.31 bits per heavy atom. The van der Waals surface area contributed by atoms with Crippen molar-refractivity contribution in [3.8, 4) is 5.75 Å². The Kier molecular flexibility index (Phi) is 7.99. The predicted octanol–water partition coefficient (Wildman–Crippen LogP) is 3.69. The van der Waals surface area contributed by atoms with E-state index in [1.54, 1.807) is 43.5 Å². The fourth-order valence-corrected chi connectivity index (χ4v) is 4.34. The van der Waals surface area contributed by atoms with Gasteiger partial charge in [-0.05, 0) is 59.7 Å². The number of amides is 1. The Morgan fingerprint density at radius 2 is 1.69 bits per heavy atom. The zero-order chi connectivity index (χ0) is 23.0. The van der Waals surface area contributed by atoms with Crippen molar-refractivity contribution in [3.63, 3.8) is 0 Å². The monoisotopic (exact) mass is 471 g/mol. The molecule has 3 aromatic rings. The lowest BCUT2D eigenvalue weighted by atomic mass is 10.2. The van der Waals surface area contributed by atoms with E-state index in [9.17, 15) is 13.2 Å². The second-order valence-electron chi connectivity index (χ2n) is 6.78. The fraction of sp³-hybridized carbons (Fsp3) is 0.130. The summed E-state index contributed by atoms with van der Waals surface area (Å²) in [5.41, 5.74) is 3.88. The van der Waals surface area contributed by atoms with E-state index in [0.717, 1.165) is 15.4 Å². The lowest BCUT2D eigenvalue weighted by Gasteiger charge is -2.21. The summed E-state index contributed by atoms with van der Waals surface area (Å²) in [7, 11) is -2.38. The minimum Gasteiger partial charge on any atom is -0.497 e. The number of hydrogen-bond acceptors (Lipinski definition) is 5. The molecule has 0 spiro atoms. The van der Waals surface area contributed by atoms with Crippen LogP contribution in [0.3, 0.4) is 0 Å². The molecule has 0 saturated carbocycles. The molecule has 166 valence electrons. The molecule has 0 saturated heterocycles. The molecular weight excluding hydrogens is 450 g/mol. The van der Waals surface area contributed by atoms with E-state index in [4.69, 9.17) is 16.3 Å². The van der Waals surface area contributed by atoms with Gasteiger partial charge >= 0.3 is 0 Å².